The first kappa shape index (κ1) is 15.4. The normalized spacial score (nSPS) is 20.0. The summed E-state index contributed by atoms with van der Waals surface area (Å²) < 4.78 is -1.45. The van der Waals surface area contributed by atoms with Crippen LogP contribution >= 0.6 is 34.8 Å². The summed E-state index contributed by atoms with van der Waals surface area (Å²) in [6.45, 7) is 3.85. The Hall–Kier alpha value is 0.300. The van der Waals surface area contributed by atoms with Crippen molar-refractivity contribution in [1.82, 2.24) is 5.32 Å². The van der Waals surface area contributed by atoms with Crippen LogP contribution < -0.4 is 10.2 Å². The van der Waals surface area contributed by atoms with Crippen molar-refractivity contribution >= 4 is 40.7 Å². The lowest BCUT2D eigenvalue weighted by Crippen LogP contribution is -3.20. The van der Waals surface area contributed by atoms with Crippen molar-refractivity contribution in [3.8, 4) is 0 Å². The third kappa shape index (κ3) is 5.21. The van der Waals surface area contributed by atoms with Crippen molar-refractivity contribution in [1.29, 1.82) is 0 Å². The molecule has 0 aromatic carbocycles. The lowest BCUT2D eigenvalue weighted by Gasteiger charge is -2.35. The SMILES string of the molecule is CCCC(=O)N[C@H]([NH+]1CCCCC1)C(Cl)(Cl)Cl. The molecule has 1 amide bonds. The fourth-order valence-corrected chi connectivity index (χ4v) is 2.80. The molecule has 0 saturated carbocycles. The van der Waals surface area contributed by atoms with Gasteiger partial charge in [-0.2, -0.15) is 0 Å². The highest BCUT2D eigenvalue weighted by atomic mass is 35.6. The van der Waals surface area contributed by atoms with E-state index in [9.17, 15) is 4.79 Å². The van der Waals surface area contributed by atoms with Gasteiger partial charge in [0.2, 0.25) is 12.1 Å². The monoisotopic (exact) mass is 301 g/mol. The number of carbonyl (C=O) groups excluding carboxylic acids is 1. The Morgan fingerprint density at radius 1 is 1.29 bits per heavy atom. The summed E-state index contributed by atoms with van der Waals surface area (Å²) in [4.78, 5) is 12.8. The predicted molar refractivity (Wildman–Crippen MR) is 71.7 cm³/mol. The minimum Gasteiger partial charge on any atom is -0.312 e. The van der Waals surface area contributed by atoms with Gasteiger partial charge in [0.15, 0.2) is 0 Å². The van der Waals surface area contributed by atoms with Gasteiger partial charge >= 0.3 is 0 Å². The van der Waals surface area contributed by atoms with Gasteiger partial charge in [0, 0.05) is 6.42 Å². The Morgan fingerprint density at radius 3 is 2.35 bits per heavy atom. The van der Waals surface area contributed by atoms with Crippen LogP contribution in [0.2, 0.25) is 0 Å². The van der Waals surface area contributed by atoms with Crippen molar-refractivity contribution in [2.45, 2.75) is 49.0 Å². The Bertz CT molecular complexity index is 250. The molecule has 3 nitrogen and oxygen atoms in total. The third-order valence-electron chi connectivity index (χ3n) is 3.01. The second-order valence-corrected chi connectivity index (χ2v) is 6.88. The number of hydrogen-bond donors (Lipinski definition) is 2. The Morgan fingerprint density at radius 2 is 1.88 bits per heavy atom. The zero-order valence-corrected chi connectivity index (χ0v) is 12.3. The standard InChI is InChI=1S/C11H19Cl3N2O/c1-2-6-9(17)15-10(11(12,13)14)16-7-4-3-5-8-16/h10H,2-8H2,1H3,(H,15,17)/p+1/t10-/m1/s1. The molecule has 1 rings (SSSR count). The maximum absolute atomic E-state index is 11.6. The fraction of sp³-hybridized carbons (Fsp3) is 0.909. The van der Waals surface area contributed by atoms with Crippen LogP contribution in [0.25, 0.3) is 0 Å². The maximum Gasteiger partial charge on any atom is 0.262 e. The van der Waals surface area contributed by atoms with Crippen molar-refractivity contribution in [2.75, 3.05) is 13.1 Å². The summed E-state index contributed by atoms with van der Waals surface area (Å²) in [7, 11) is 0. The van der Waals surface area contributed by atoms with Crippen LogP contribution in [-0.4, -0.2) is 29.0 Å². The summed E-state index contributed by atoms with van der Waals surface area (Å²) in [6, 6.07) is 0. The number of nitrogens with one attached hydrogen (secondary N) is 2. The van der Waals surface area contributed by atoms with Crippen LogP contribution in [0.5, 0.6) is 0 Å². The molecule has 0 unspecified atom stereocenters. The minimum atomic E-state index is -1.45. The molecule has 1 fully saturated rings. The molecule has 1 heterocycles. The highest BCUT2D eigenvalue weighted by Crippen LogP contribution is 2.28. The summed E-state index contributed by atoms with van der Waals surface area (Å²) in [5, 5.41) is 2.86. The predicted octanol–water partition coefficient (Wildman–Crippen LogP) is 1.67. The van der Waals surface area contributed by atoms with Gasteiger partial charge in [0.25, 0.3) is 3.79 Å². The van der Waals surface area contributed by atoms with E-state index in [0.29, 0.717) is 6.42 Å². The molecule has 0 aromatic heterocycles. The molecular weight excluding hydrogens is 282 g/mol. The van der Waals surface area contributed by atoms with Gasteiger partial charge in [0.1, 0.15) is 0 Å². The van der Waals surface area contributed by atoms with Crippen LogP contribution in [0.4, 0.5) is 0 Å². The summed E-state index contributed by atoms with van der Waals surface area (Å²) >= 11 is 17.9. The number of quaternary nitrogens is 1. The zero-order valence-electron chi connectivity index (χ0n) is 10.1. The minimum absolute atomic E-state index is 0.0399. The molecule has 17 heavy (non-hydrogen) atoms. The van der Waals surface area contributed by atoms with Crippen molar-refractivity contribution in [3.63, 3.8) is 0 Å². The zero-order chi connectivity index (χ0) is 12.9. The number of carbonyl (C=O) groups is 1. The molecule has 0 spiro atoms. The second kappa shape index (κ2) is 7.03. The highest BCUT2D eigenvalue weighted by molar-refractivity contribution is 6.68. The third-order valence-corrected chi connectivity index (χ3v) is 3.67. The van der Waals surface area contributed by atoms with E-state index in [1.165, 1.54) is 11.3 Å². The highest BCUT2D eigenvalue weighted by Gasteiger charge is 2.42. The average Bonchev–Trinajstić information content (AvgIpc) is 2.26. The number of alkyl halides is 3. The van der Waals surface area contributed by atoms with E-state index >= 15 is 0 Å². The van der Waals surface area contributed by atoms with Crippen LogP contribution in [0, 0.1) is 0 Å². The van der Waals surface area contributed by atoms with Crippen molar-refractivity contribution < 1.29 is 9.69 Å². The number of piperidine rings is 1. The van der Waals surface area contributed by atoms with Gasteiger partial charge in [-0.25, -0.2) is 0 Å². The van der Waals surface area contributed by atoms with Gasteiger partial charge in [-0.05, 0) is 25.7 Å². The van der Waals surface area contributed by atoms with E-state index in [4.69, 9.17) is 34.8 Å². The Balaban J connectivity index is 2.63. The fourth-order valence-electron chi connectivity index (χ4n) is 2.17. The maximum atomic E-state index is 11.6. The van der Waals surface area contributed by atoms with Crippen LogP contribution in [-0.2, 0) is 4.79 Å². The average molecular weight is 303 g/mol. The van der Waals surface area contributed by atoms with Gasteiger partial charge in [-0.3, -0.25) is 4.79 Å². The smallest absolute Gasteiger partial charge is 0.262 e. The van der Waals surface area contributed by atoms with Gasteiger partial charge in [0.05, 0.1) is 13.1 Å². The van der Waals surface area contributed by atoms with Crippen LogP contribution in [0.15, 0.2) is 0 Å². The quantitative estimate of drug-likeness (QED) is 0.761. The molecule has 0 aliphatic carbocycles. The topological polar surface area (TPSA) is 33.5 Å². The molecule has 0 radical (unpaired) electrons. The van der Waals surface area contributed by atoms with Gasteiger partial charge < -0.3 is 10.2 Å². The first-order valence-electron chi connectivity index (χ1n) is 6.15. The second-order valence-electron chi connectivity index (χ2n) is 4.51. The first-order valence-corrected chi connectivity index (χ1v) is 7.29. The molecule has 0 bridgehead atoms. The number of likely N-dealkylation sites (tertiary alicyclic amines) is 1. The molecule has 1 saturated heterocycles. The molecule has 1 atom stereocenters. The number of halogens is 3. The molecule has 1 aliphatic heterocycles. The molecule has 1 aliphatic rings. The van der Waals surface area contributed by atoms with Crippen LogP contribution in [0.3, 0.4) is 0 Å². The summed E-state index contributed by atoms with van der Waals surface area (Å²) in [6.07, 6.45) is 4.30. The Kier molecular flexibility index (Phi) is 6.35. The molecule has 0 aromatic rings. The Labute approximate surface area is 118 Å². The van der Waals surface area contributed by atoms with Crippen molar-refractivity contribution in [3.05, 3.63) is 0 Å². The molecule has 100 valence electrons. The number of rotatable bonds is 4. The molecular formula is C11H20Cl3N2O+. The van der Waals surface area contributed by atoms with E-state index in [0.717, 1.165) is 32.4 Å². The van der Waals surface area contributed by atoms with E-state index < -0.39 is 9.96 Å². The van der Waals surface area contributed by atoms with E-state index in [-0.39, 0.29) is 5.91 Å². The van der Waals surface area contributed by atoms with E-state index in [2.05, 4.69) is 5.32 Å². The molecule has 2 N–H and O–H groups in total. The summed E-state index contributed by atoms with van der Waals surface area (Å²) in [5.41, 5.74) is 0. The lowest BCUT2D eigenvalue weighted by atomic mass is 10.1. The largest absolute Gasteiger partial charge is 0.312 e. The number of amides is 1. The molecule has 6 heteroatoms. The van der Waals surface area contributed by atoms with Crippen molar-refractivity contribution in [2.24, 2.45) is 0 Å². The first-order chi connectivity index (χ1) is 7.95. The number of hydrogen-bond acceptors (Lipinski definition) is 1. The lowest BCUT2D eigenvalue weighted by molar-refractivity contribution is -0.931. The summed E-state index contributed by atoms with van der Waals surface area (Å²) in [5.74, 6) is -0.0399. The van der Waals surface area contributed by atoms with E-state index in [1.807, 2.05) is 6.92 Å². The van der Waals surface area contributed by atoms with Gasteiger partial charge in [-0.15, -0.1) is 0 Å². The van der Waals surface area contributed by atoms with Gasteiger partial charge in [-0.1, -0.05) is 41.7 Å². The van der Waals surface area contributed by atoms with Crippen LogP contribution in [0.1, 0.15) is 39.0 Å². The van der Waals surface area contributed by atoms with E-state index in [1.54, 1.807) is 0 Å².